The van der Waals surface area contributed by atoms with Crippen molar-refractivity contribution in [3.8, 4) is 0 Å². The second-order valence-electron chi connectivity index (χ2n) is 8.13. The predicted octanol–water partition coefficient (Wildman–Crippen LogP) is 2.06. The van der Waals surface area contributed by atoms with Crippen LogP contribution < -0.4 is 0 Å². The Morgan fingerprint density at radius 2 is 1.60 bits per heavy atom. The number of amides is 2. The van der Waals surface area contributed by atoms with E-state index >= 15 is 0 Å². The number of benzene rings is 1. The number of likely N-dealkylation sites (tertiary alicyclic amines) is 1. The fourth-order valence-corrected chi connectivity index (χ4v) is 4.89. The summed E-state index contributed by atoms with van der Waals surface area (Å²) in [6, 6.07) is 8.02. The van der Waals surface area contributed by atoms with Crippen LogP contribution in [-0.2, 0) is 21.9 Å². The highest BCUT2D eigenvalue weighted by molar-refractivity contribution is 7.97. The zero-order chi connectivity index (χ0) is 20.9. The molecule has 4 rings (SSSR count). The summed E-state index contributed by atoms with van der Waals surface area (Å²) in [6.07, 6.45) is 5.20. The van der Waals surface area contributed by atoms with Crippen LogP contribution in [0, 0.1) is 0 Å². The molecule has 0 saturated carbocycles. The molecule has 30 heavy (non-hydrogen) atoms. The lowest BCUT2D eigenvalue weighted by molar-refractivity contribution is -0.131. The van der Waals surface area contributed by atoms with E-state index in [9.17, 15) is 9.59 Å². The molecular weight excluding hydrogens is 398 g/mol. The molecule has 2 saturated heterocycles. The van der Waals surface area contributed by atoms with Crippen molar-refractivity contribution in [2.75, 3.05) is 52.1 Å². The Bertz CT molecular complexity index is 893. The molecule has 3 heterocycles. The quantitative estimate of drug-likeness (QED) is 0.703. The van der Waals surface area contributed by atoms with E-state index in [4.69, 9.17) is 4.98 Å². The van der Waals surface area contributed by atoms with Crippen LogP contribution in [0.15, 0.2) is 24.3 Å². The molecular formula is C22H31N5O2S. The van der Waals surface area contributed by atoms with E-state index in [1.165, 1.54) is 0 Å². The van der Waals surface area contributed by atoms with Crippen LogP contribution in [0.5, 0.6) is 0 Å². The van der Waals surface area contributed by atoms with Crippen molar-refractivity contribution in [3.63, 3.8) is 0 Å². The third-order valence-corrected chi connectivity index (χ3v) is 6.61. The van der Waals surface area contributed by atoms with E-state index in [0.717, 1.165) is 74.6 Å². The number of aromatic nitrogens is 2. The van der Waals surface area contributed by atoms with E-state index in [1.54, 1.807) is 11.8 Å². The summed E-state index contributed by atoms with van der Waals surface area (Å²) in [6.45, 7) is 5.65. The summed E-state index contributed by atoms with van der Waals surface area (Å²) in [5.74, 6) is 2.10. The molecule has 2 aliphatic heterocycles. The fourth-order valence-electron chi connectivity index (χ4n) is 4.41. The molecule has 8 heteroatoms. The Kier molecular flexibility index (Phi) is 6.94. The maximum atomic E-state index is 13.1. The predicted molar refractivity (Wildman–Crippen MR) is 120 cm³/mol. The number of nitrogens with zero attached hydrogens (tertiary/aromatic N) is 5. The summed E-state index contributed by atoms with van der Waals surface area (Å²) in [5, 5.41) is 0. The average Bonchev–Trinajstić information content (AvgIpc) is 3.33. The van der Waals surface area contributed by atoms with Crippen molar-refractivity contribution < 1.29 is 9.59 Å². The molecule has 2 aliphatic rings. The van der Waals surface area contributed by atoms with Crippen molar-refractivity contribution in [3.05, 3.63) is 30.1 Å². The van der Waals surface area contributed by atoms with Gasteiger partial charge in [0, 0.05) is 39.3 Å². The maximum Gasteiger partial charge on any atom is 0.242 e. The first-order valence-electron chi connectivity index (χ1n) is 10.9. The summed E-state index contributed by atoms with van der Waals surface area (Å²) in [4.78, 5) is 36.5. The Morgan fingerprint density at radius 3 is 2.40 bits per heavy atom. The molecule has 162 valence electrons. The Hall–Kier alpha value is -2.06. The number of carbonyl (C=O) groups excluding carboxylic acids is 2. The number of thioether (sulfide) groups is 1. The minimum absolute atomic E-state index is 0.133. The van der Waals surface area contributed by atoms with Gasteiger partial charge in [-0.3, -0.25) is 14.5 Å². The smallest absolute Gasteiger partial charge is 0.242 e. The lowest BCUT2D eigenvalue weighted by Crippen LogP contribution is -2.41. The number of imidazole rings is 1. The number of hydrogen-bond acceptors (Lipinski definition) is 5. The zero-order valence-electron chi connectivity index (χ0n) is 17.8. The largest absolute Gasteiger partial charge is 0.342 e. The number of carbonyl (C=O) groups is 2. The molecule has 0 spiro atoms. The first-order valence-corrected chi connectivity index (χ1v) is 12.3. The monoisotopic (exact) mass is 429 g/mol. The minimum Gasteiger partial charge on any atom is -0.342 e. The van der Waals surface area contributed by atoms with Gasteiger partial charge < -0.3 is 14.4 Å². The maximum absolute atomic E-state index is 13.1. The highest BCUT2D eigenvalue weighted by Gasteiger charge is 2.24. The lowest BCUT2D eigenvalue weighted by Gasteiger charge is -2.24. The van der Waals surface area contributed by atoms with Gasteiger partial charge in [0.05, 0.1) is 23.3 Å². The van der Waals surface area contributed by atoms with Gasteiger partial charge in [-0.1, -0.05) is 12.1 Å². The second kappa shape index (κ2) is 9.83. The topological polar surface area (TPSA) is 61.7 Å². The van der Waals surface area contributed by atoms with E-state index in [-0.39, 0.29) is 11.8 Å². The van der Waals surface area contributed by atoms with Crippen molar-refractivity contribution in [1.82, 2.24) is 24.3 Å². The third-order valence-electron chi connectivity index (χ3n) is 6.06. The Morgan fingerprint density at radius 1 is 0.900 bits per heavy atom. The number of hydrogen-bond donors (Lipinski definition) is 0. The normalized spacial score (nSPS) is 18.2. The Labute approximate surface area is 182 Å². The minimum atomic E-state index is 0.133. The molecule has 2 amide bonds. The van der Waals surface area contributed by atoms with Crippen molar-refractivity contribution in [2.24, 2.45) is 0 Å². The van der Waals surface area contributed by atoms with E-state index in [0.29, 0.717) is 19.6 Å². The molecule has 2 fully saturated rings. The number of para-hydroxylation sites is 2. The van der Waals surface area contributed by atoms with E-state index in [2.05, 4.69) is 15.7 Å². The van der Waals surface area contributed by atoms with E-state index in [1.807, 2.05) is 34.1 Å². The summed E-state index contributed by atoms with van der Waals surface area (Å²) in [7, 11) is 0. The third kappa shape index (κ3) is 4.81. The van der Waals surface area contributed by atoms with Crippen LogP contribution in [0.1, 0.15) is 25.1 Å². The van der Waals surface area contributed by atoms with Crippen LogP contribution in [0.4, 0.5) is 0 Å². The first-order chi connectivity index (χ1) is 14.7. The van der Waals surface area contributed by atoms with Gasteiger partial charge in [0.2, 0.25) is 11.8 Å². The van der Waals surface area contributed by atoms with Crippen LogP contribution in [-0.4, -0.2) is 88.1 Å². The number of rotatable bonds is 6. The summed E-state index contributed by atoms with van der Waals surface area (Å²) < 4.78 is 2.06. The van der Waals surface area contributed by atoms with Crippen LogP contribution in [0.3, 0.4) is 0 Å². The highest BCUT2D eigenvalue weighted by Crippen LogP contribution is 2.19. The van der Waals surface area contributed by atoms with Crippen molar-refractivity contribution >= 4 is 34.6 Å². The van der Waals surface area contributed by atoms with E-state index < -0.39 is 0 Å². The Balaban J connectivity index is 1.38. The van der Waals surface area contributed by atoms with Gasteiger partial charge in [-0.05, 0) is 37.7 Å². The summed E-state index contributed by atoms with van der Waals surface area (Å²) >= 11 is 1.72. The molecule has 0 aliphatic carbocycles. The average molecular weight is 430 g/mol. The standard InChI is InChI=1S/C22H31N5O2S/c1-30-17-20-23-18-7-2-3-8-19(18)27(20)16-22(29)26-12-6-9-24(13-14-26)15-21(28)25-10-4-5-11-25/h2-3,7-8H,4-6,9-17H2,1H3. The molecule has 7 nitrogen and oxygen atoms in total. The van der Waals surface area contributed by atoms with Gasteiger partial charge in [0.25, 0.3) is 0 Å². The zero-order valence-corrected chi connectivity index (χ0v) is 18.6. The SMILES string of the molecule is CSCc1nc2ccccc2n1CC(=O)N1CCCN(CC(=O)N2CCCC2)CC1. The number of fused-ring (bicyclic) bond motifs is 1. The molecule has 0 bridgehead atoms. The second-order valence-corrected chi connectivity index (χ2v) is 9.00. The van der Waals surface area contributed by atoms with Crippen LogP contribution in [0.2, 0.25) is 0 Å². The summed E-state index contributed by atoms with van der Waals surface area (Å²) in [5.41, 5.74) is 1.96. The van der Waals surface area contributed by atoms with Gasteiger partial charge in [-0.25, -0.2) is 4.98 Å². The molecule has 1 aromatic heterocycles. The molecule has 0 radical (unpaired) electrons. The van der Waals surface area contributed by atoms with Crippen LogP contribution >= 0.6 is 11.8 Å². The molecule has 1 aromatic carbocycles. The van der Waals surface area contributed by atoms with Crippen molar-refractivity contribution in [2.45, 2.75) is 31.6 Å². The van der Waals surface area contributed by atoms with Gasteiger partial charge in [-0.2, -0.15) is 11.8 Å². The first kappa shape index (κ1) is 21.2. The van der Waals surface area contributed by atoms with Gasteiger partial charge >= 0.3 is 0 Å². The fraction of sp³-hybridized carbons (Fsp3) is 0.591. The molecule has 0 unspecified atom stereocenters. The van der Waals surface area contributed by atoms with Gasteiger partial charge in [-0.15, -0.1) is 0 Å². The lowest BCUT2D eigenvalue weighted by atomic mass is 10.3. The molecule has 0 atom stereocenters. The van der Waals surface area contributed by atoms with Gasteiger partial charge in [0.15, 0.2) is 0 Å². The van der Waals surface area contributed by atoms with Gasteiger partial charge in [0.1, 0.15) is 12.4 Å². The molecule has 2 aromatic rings. The molecule has 0 N–H and O–H groups in total. The highest BCUT2D eigenvalue weighted by atomic mass is 32.2. The van der Waals surface area contributed by atoms with Crippen molar-refractivity contribution in [1.29, 1.82) is 0 Å². The van der Waals surface area contributed by atoms with Crippen LogP contribution in [0.25, 0.3) is 11.0 Å².